The number of allylic oxidation sites excluding steroid dienone is 2. The van der Waals surface area contributed by atoms with Gasteiger partial charge in [-0.2, -0.15) is 0 Å². The highest BCUT2D eigenvalue weighted by Gasteiger charge is 2.27. The predicted molar refractivity (Wildman–Crippen MR) is 60.1 cm³/mol. The zero-order chi connectivity index (χ0) is 10.7. The van der Waals surface area contributed by atoms with Crippen molar-refractivity contribution >= 4 is 5.78 Å². The minimum absolute atomic E-state index is 0.302. The van der Waals surface area contributed by atoms with Crippen molar-refractivity contribution in [2.45, 2.75) is 47.0 Å². The third-order valence-corrected chi connectivity index (χ3v) is 3.43. The van der Waals surface area contributed by atoms with E-state index in [0.717, 1.165) is 24.3 Å². The zero-order valence-corrected chi connectivity index (χ0v) is 9.84. The maximum absolute atomic E-state index is 11.8. The van der Waals surface area contributed by atoms with Crippen LogP contribution in [-0.4, -0.2) is 5.78 Å². The Kier molecular flexibility index (Phi) is 3.91. The molecule has 0 aromatic carbocycles. The number of carbonyl (C=O) groups is 1. The van der Waals surface area contributed by atoms with E-state index in [2.05, 4.69) is 13.8 Å². The fraction of sp³-hybridized carbons (Fsp3) is 0.769. The Morgan fingerprint density at radius 2 is 1.79 bits per heavy atom. The Hall–Kier alpha value is -0.590. The second-order valence-electron chi connectivity index (χ2n) is 5.09. The van der Waals surface area contributed by atoms with Crippen LogP contribution in [0.3, 0.4) is 0 Å². The molecule has 3 atom stereocenters. The molecule has 0 bridgehead atoms. The van der Waals surface area contributed by atoms with Gasteiger partial charge in [0.1, 0.15) is 0 Å². The van der Waals surface area contributed by atoms with Crippen molar-refractivity contribution in [3.05, 3.63) is 11.6 Å². The van der Waals surface area contributed by atoms with Crippen molar-refractivity contribution in [2.24, 2.45) is 17.8 Å². The van der Waals surface area contributed by atoms with Crippen LogP contribution in [0.5, 0.6) is 0 Å². The smallest absolute Gasteiger partial charge is 0.158 e. The first-order valence-electron chi connectivity index (χ1n) is 5.69. The molecule has 0 saturated heterocycles. The van der Waals surface area contributed by atoms with Gasteiger partial charge in [-0.15, -0.1) is 0 Å². The maximum Gasteiger partial charge on any atom is 0.158 e. The van der Waals surface area contributed by atoms with Crippen LogP contribution in [0.2, 0.25) is 0 Å². The Morgan fingerprint density at radius 3 is 2.29 bits per heavy atom. The largest absolute Gasteiger partial charge is 0.295 e. The topological polar surface area (TPSA) is 17.1 Å². The summed E-state index contributed by atoms with van der Waals surface area (Å²) < 4.78 is 0. The average molecular weight is 194 g/mol. The van der Waals surface area contributed by atoms with Gasteiger partial charge in [0.2, 0.25) is 0 Å². The van der Waals surface area contributed by atoms with Crippen molar-refractivity contribution in [1.82, 2.24) is 0 Å². The lowest BCUT2D eigenvalue weighted by molar-refractivity contribution is -0.119. The van der Waals surface area contributed by atoms with E-state index in [9.17, 15) is 4.79 Å². The van der Waals surface area contributed by atoms with Gasteiger partial charge in [0, 0.05) is 5.92 Å². The van der Waals surface area contributed by atoms with Crippen molar-refractivity contribution in [2.75, 3.05) is 0 Å². The summed E-state index contributed by atoms with van der Waals surface area (Å²) in [6.45, 7) is 8.55. The van der Waals surface area contributed by atoms with Crippen molar-refractivity contribution in [3.8, 4) is 0 Å². The van der Waals surface area contributed by atoms with Crippen LogP contribution in [0.25, 0.3) is 0 Å². The molecule has 80 valence electrons. The number of ketones is 1. The molecular formula is C13H22O. The molecule has 14 heavy (non-hydrogen) atoms. The van der Waals surface area contributed by atoms with Crippen LogP contribution in [0.15, 0.2) is 11.6 Å². The van der Waals surface area contributed by atoms with E-state index in [1.54, 1.807) is 0 Å². The van der Waals surface area contributed by atoms with E-state index in [-0.39, 0.29) is 0 Å². The molecule has 3 unspecified atom stereocenters. The Labute approximate surface area is 87.6 Å². The fourth-order valence-corrected chi connectivity index (χ4v) is 2.21. The highest BCUT2D eigenvalue weighted by atomic mass is 16.1. The summed E-state index contributed by atoms with van der Waals surface area (Å²) in [7, 11) is 0. The van der Waals surface area contributed by atoms with Crippen LogP contribution in [0, 0.1) is 17.8 Å². The fourth-order valence-electron chi connectivity index (χ4n) is 2.21. The first kappa shape index (κ1) is 11.5. The van der Waals surface area contributed by atoms with Gasteiger partial charge < -0.3 is 0 Å². The minimum atomic E-state index is 0.302. The molecule has 1 fully saturated rings. The van der Waals surface area contributed by atoms with Gasteiger partial charge in [0.25, 0.3) is 0 Å². The summed E-state index contributed by atoms with van der Waals surface area (Å²) in [4.78, 5) is 11.8. The quantitative estimate of drug-likeness (QED) is 0.614. The number of hydrogen-bond donors (Lipinski definition) is 0. The predicted octanol–water partition coefficient (Wildman–Crippen LogP) is 3.59. The molecule has 0 aliphatic heterocycles. The lowest BCUT2D eigenvalue weighted by Gasteiger charge is -2.30. The zero-order valence-electron chi connectivity index (χ0n) is 9.84. The highest BCUT2D eigenvalue weighted by Crippen LogP contribution is 2.33. The van der Waals surface area contributed by atoms with Gasteiger partial charge in [0.15, 0.2) is 5.78 Å². The van der Waals surface area contributed by atoms with E-state index in [0.29, 0.717) is 17.6 Å². The van der Waals surface area contributed by atoms with E-state index in [4.69, 9.17) is 0 Å². The summed E-state index contributed by atoms with van der Waals surface area (Å²) in [6.07, 6.45) is 5.21. The number of rotatable bonds is 2. The van der Waals surface area contributed by atoms with Gasteiger partial charge in [-0.05, 0) is 51.0 Å². The first-order chi connectivity index (χ1) is 6.50. The minimum Gasteiger partial charge on any atom is -0.295 e. The van der Waals surface area contributed by atoms with Gasteiger partial charge in [-0.25, -0.2) is 0 Å². The molecule has 0 heterocycles. The standard InChI is InChI=1S/C13H22O/c1-9(2)7-13(14)12-6-5-10(3)11(4)8-12/h7,10-12H,5-6,8H2,1-4H3. The molecule has 1 rings (SSSR count). The average Bonchev–Trinajstić information content (AvgIpc) is 2.08. The van der Waals surface area contributed by atoms with Crippen LogP contribution in [-0.2, 0) is 4.79 Å². The maximum atomic E-state index is 11.8. The van der Waals surface area contributed by atoms with Gasteiger partial charge in [0.05, 0.1) is 0 Å². The molecule has 0 amide bonds. The van der Waals surface area contributed by atoms with E-state index < -0.39 is 0 Å². The van der Waals surface area contributed by atoms with Crippen molar-refractivity contribution in [1.29, 1.82) is 0 Å². The molecule has 0 radical (unpaired) electrons. The molecule has 1 saturated carbocycles. The van der Waals surface area contributed by atoms with Gasteiger partial charge in [-0.1, -0.05) is 19.4 Å². The van der Waals surface area contributed by atoms with Crippen molar-refractivity contribution in [3.63, 3.8) is 0 Å². The Balaban J connectivity index is 2.55. The van der Waals surface area contributed by atoms with Crippen LogP contribution in [0.4, 0.5) is 0 Å². The lowest BCUT2D eigenvalue weighted by Crippen LogP contribution is -2.25. The second kappa shape index (κ2) is 4.77. The SMILES string of the molecule is CC(C)=CC(=O)C1CCC(C)C(C)C1. The number of carbonyl (C=O) groups excluding carboxylic acids is 1. The third kappa shape index (κ3) is 2.97. The molecule has 0 spiro atoms. The monoisotopic (exact) mass is 194 g/mol. The molecule has 0 aromatic rings. The Morgan fingerprint density at radius 1 is 1.14 bits per heavy atom. The van der Waals surface area contributed by atoms with Crippen LogP contribution >= 0.6 is 0 Å². The van der Waals surface area contributed by atoms with Gasteiger partial charge >= 0.3 is 0 Å². The summed E-state index contributed by atoms with van der Waals surface area (Å²) in [5.41, 5.74) is 1.13. The number of hydrogen-bond acceptors (Lipinski definition) is 1. The summed E-state index contributed by atoms with van der Waals surface area (Å²) in [5.74, 6) is 2.16. The summed E-state index contributed by atoms with van der Waals surface area (Å²) in [6, 6.07) is 0. The molecule has 1 heteroatoms. The first-order valence-corrected chi connectivity index (χ1v) is 5.69. The van der Waals surface area contributed by atoms with Crippen LogP contribution in [0.1, 0.15) is 47.0 Å². The third-order valence-electron chi connectivity index (χ3n) is 3.43. The second-order valence-corrected chi connectivity index (χ2v) is 5.09. The molecule has 1 aliphatic rings. The summed E-state index contributed by atoms with van der Waals surface area (Å²) in [5, 5.41) is 0. The van der Waals surface area contributed by atoms with Crippen LogP contribution < -0.4 is 0 Å². The van der Waals surface area contributed by atoms with Gasteiger partial charge in [-0.3, -0.25) is 4.79 Å². The highest BCUT2D eigenvalue weighted by molar-refractivity contribution is 5.92. The molecule has 1 aliphatic carbocycles. The molecular weight excluding hydrogens is 172 g/mol. The molecule has 0 aromatic heterocycles. The Bertz CT molecular complexity index is 236. The van der Waals surface area contributed by atoms with E-state index in [1.165, 1.54) is 6.42 Å². The van der Waals surface area contributed by atoms with Crippen molar-refractivity contribution < 1.29 is 4.79 Å². The van der Waals surface area contributed by atoms with E-state index in [1.807, 2.05) is 19.9 Å². The van der Waals surface area contributed by atoms with E-state index >= 15 is 0 Å². The lowest BCUT2D eigenvalue weighted by atomic mass is 9.74. The molecule has 0 N–H and O–H groups in total. The summed E-state index contributed by atoms with van der Waals surface area (Å²) >= 11 is 0. The molecule has 1 nitrogen and oxygen atoms in total. The normalized spacial score (nSPS) is 32.4.